The predicted molar refractivity (Wildman–Crippen MR) is 271 cm³/mol. The number of carbonyl (C=O) groups is 2. The van der Waals surface area contributed by atoms with Gasteiger partial charge in [0.25, 0.3) is 0 Å². The summed E-state index contributed by atoms with van der Waals surface area (Å²) in [4.78, 5) is 41.6. The molecule has 0 saturated heterocycles. The zero-order valence-electron chi connectivity index (χ0n) is 41.1. The van der Waals surface area contributed by atoms with Crippen LogP contribution < -0.4 is 4.74 Å². The van der Waals surface area contributed by atoms with Crippen molar-refractivity contribution in [3.05, 3.63) is 130 Å². The number of aliphatic carboxylic acids is 1. The Hall–Kier alpha value is -6.80. The maximum atomic E-state index is 12.9. The van der Waals surface area contributed by atoms with Crippen LogP contribution in [-0.4, -0.2) is 63.4 Å². The van der Waals surface area contributed by atoms with Crippen LogP contribution in [-0.2, 0) is 52.6 Å². The van der Waals surface area contributed by atoms with Crippen LogP contribution in [0.25, 0.3) is 43.2 Å². The molecule has 0 bridgehead atoms. The van der Waals surface area contributed by atoms with Gasteiger partial charge in [-0.2, -0.15) is 26.3 Å². The fraction of sp³-hybridized carbons (Fsp3) is 0.358. The van der Waals surface area contributed by atoms with Crippen LogP contribution in [0.3, 0.4) is 0 Å². The molecule has 2 N–H and O–H groups in total. The quantitative estimate of drug-likeness (QED) is 0.0706. The Kier molecular flexibility index (Phi) is 18.5. The average molecular weight is 1050 g/mol. The number of thiazole rings is 2. The van der Waals surface area contributed by atoms with Crippen LogP contribution in [0.1, 0.15) is 106 Å². The number of carbonyl (C=O) groups excluding carboxylic acids is 1. The summed E-state index contributed by atoms with van der Waals surface area (Å²) in [5, 5.41) is 21.4. The van der Waals surface area contributed by atoms with Gasteiger partial charge in [0.15, 0.2) is 6.61 Å². The number of rotatable bonds is 16. The molecule has 0 spiro atoms. The molecule has 0 aliphatic carbocycles. The highest BCUT2D eigenvalue weighted by molar-refractivity contribution is 7.15. The van der Waals surface area contributed by atoms with Crippen molar-refractivity contribution in [2.24, 2.45) is 0 Å². The molecule has 6 aromatic heterocycles. The van der Waals surface area contributed by atoms with Gasteiger partial charge in [-0.05, 0) is 95.0 Å². The number of pyridine rings is 2. The molecule has 0 saturated carbocycles. The Morgan fingerprint density at radius 3 is 1.51 bits per heavy atom. The highest BCUT2D eigenvalue weighted by atomic mass is 32.1. The van der Waals surface area contributed by atoms with Gasteiger partial charge < -0.3 is 28.8 Å². The third-order valence-corrected chi connectivity index (χ3v) is 13.1. The number of esters is 1. The highest BCUT2D eigenvalue weighted by Gasteiger charge is 2.31. The van der Waals surface area contributed by atoms with E-state index in [1.165, 1.54) is 59.3 Å². The van der Waals surface area contributed by atoms with Crippen molar-refractivity contribution in [3.63, 3.8) is 0 Å². The molecule has 6 heterocycles. The number of halogens is 6. The van der Waals surface area contributed by atoms with Crippen LogP contribution in [0.2, 0.25) is 0 Å². The standard InChI is InChI=1S/C24H22F3N3O3S.C22H20F3N3OS.C7H14O2/c1-2-3-4-19-20(34-23(29-19)15-5-7-17(8-6-15)24(25,26)27)13-30-10-9-16-11-18(12-28-22(16)30)33-14-21(31)32;1-2-3-4-18-19(13-28-10-9-15-11-17(29)12-26-20(15)28)30-21(27-18)14-5-7-16(8-6-14)22(23,24)25;1-5-6(8)9-7(2,3)4/h5-12H,2-4,13-14H2,1H3,(H,31,32);5-12,29H,2-4,13H2,1H3;5H2,1-4H3. The summed E-state index contributed by atoms with van der Waals surface area (Å²) in [6.45, 7) is 12.2. The van der Waals surface area contributed by atoms with E-state index in [2.05, 4.69) is 23.8 Å². The summed E-state index contributed by atoms with van der Waals surface area (Å²) < 4.78 is 91.4. The zero-order valence-corrected chi connectivity index (χ0v) is 42.7. The molecule has 0 fully saturated rings. The van der Waals surface area contributed by atoms with Crippen molar-refractivity contribution >= 4 is 56.7 Å². The van der Waals surface area contributed by atoms with Gasteiger partial charge in [0.2, 0.25) is 0 Å². The Morgan fingerprint density at radius 1 is 0.658 bits per heavy atom. The van der Waals surface area contributed by atoms with Gasteiger partial charge in [-0.25, -0.2) is 24.7 Å². The topological polar surface area (TPSA) is 154 Å². The van der Waals surface area contributed by atoms with Gasteiger partial charge in [-0.15, -0.1) is 22.7 Å². The second-order valence-electron chi connectivity index (χ2n) is 17.8. The second kappa shape index (κ2) is 24.3. The first-order chi connectivity index (χ1) is 34.5. The SMILES string of the molecule is CCC(=O)OC(C)(C)C.CCCCc1nc(-c2ccc(C(F)(F)F)cc2)sc1Cn1ccc2cc(O)cnc21.CCCCc1nc(-c2ccc(C(F)(F)F)cc2)sc1Cn1ccc2cc(OCC(=O)O)cnc21. The van der Waals surface area contributed by atoms with Crippen molar-refractivity contribution in [2.75, 3.05) is 6.61 Å². The highest BCUT2D eigenvalue weighted by Crippen LogP contribution is 2.36. The van der Waals surface area contributed by atoms with Crippen molar-refractivity contribution in [1.82, 2.24) is 29.1 Å². The number of alkyl halides is 6. The number of carboxylic acids is 1. The fourth-order valence-electron chi connectivity index (χ4n) is 7.27. The van der Waals surface area contributed by atoms with Crippen LogP contribution in [0.5, 0.6) is 11.5 Å². The summed E-state index contributed by atoms with van der Waals surface area (Å²) in [7, 11) is 0. The number of aromatic hydroxyl groups is 1. The number of hydrogen-bond acceptors (Lipinski definition) is 11. The van der Waals surface area contributed by atoms with E-state index in [-0.39, 0.29) is 17.3 Å². The first-order valence-electron chi connectivity index (χ1n) is 23.5. The first-order valence-corrected chi connectivity index (χ1v) is 25.2. The lowest BCUT2D eigenvalue weighted by molar-refractivity contribution is -0.154. The summed E-state index contributed by atoms with van der Waals surface area (Å²) in [5.41, 5.74) is 3.04. The lowest BCUT2D eigenvalue weighted by atomic mass is 10.1. The number of carboxylic acid groups (broad SMARTS) is 1. The number of aromatic nitrogens is 6. The normalized spacial score (nSPS) is 11.8. The number of ether oxygens (including phenoxy) is 2. The van der Waals surface area contributed by atoms with Crippen LogP contribution in [0, 0.1) is 0 Å². The minimum atomic E-state index is -4.38. The minimum Gasteiger partial charge on any atom is -0.506 e. The van der Waals surface area contributed by atoms with Crippen molar-refractivity contribution in [1.29, 1.82) is 0 Å². The Labute approximate surface area is 426 Å². The molecule has 8 rings (SSSR count). The molecule has 0 aliphatic heterocycles. The molecule has 0 radical (unpaired) electrons. The molecular formula is C53H56F6N6O6S2. The molecule has 0 atom stereocenters. The summed E-state index contributed by atoms with van der Waals surface area (Å²) in [6.07, 6.45) is 4.00. The Morgan fingerprint density at radius 2 is 1.11 bits per heavy atom. The van der Waals surface area contributed by atoms with Gasteiger partial charge in [0.1, 0.15) is 38.4 Å². The van der Waals surface area contributed by atoms with Crippen LogP contribution in [0.4, 0.5) is 26.3 Å². The number of unbranched alkanes of at least 4 members (excludes halogenated alkanes) is 2. The zero-order chi connectivity index (χ0) is 53.1. The lowest BCUT2D eigenvalue weighted by Crippen LogP contribution is -2.23. The van der Waals surface area contributed by atoms with Crippen molar-refractivity contribution < 1.29 is 55.6 Å². The third kappa shape index (κ3) is 15.6. The van der Waals surface area contributed by atoms with E-state index in [0.717, 1.165) is 100 Å². The van der Waals surface area contributed by atoms with E-state index >= 15 is 0 Å². The Bertz CT molecular complexity index is 3100. The largest absolute Gasteiger partial charge is 0.506 e. The number of aryl methyl sites for hydroxylation is 2. The fourth-order valence-corrected chi connectivity index (χ4v) is 9.49. The molecule has 0 aliphatic rings. The van der Waals surface area contributed by atoms with Crippen LogP contribution in [0.15, 0.2) is 97.6 Å². The third-order valence-electron chi connectivity index (χ3n) is 10.9. The maximum absolute atomic E-state index is 12.9. The average Bonchev–Trinajstić information content (AvgIpc) is 4.14. The first kappa shape index (κ1) is 55.5. The molecule has 0 unspecified atom stereocenters. The number of fused-ring (bicyclic) bond motifs is 2. The van der Waals surface area contributed by atoms with Gasteiger partial charge in [0, 0.05) is 50.5 Å². The monoisotopic (exact) mass is 1050 g/mol. The van der Waals surface area contributed by atoms with E-state index in [0.29, 0.717) is 52.0 Å². The summed E-state index contributed by atoms with van der Waals surface area (Å²) in [5.74, 6) is -0.709. The number of benzene rings is 2. The number of nitrogens with zero attached hydrogens (tertiary/aromatic N) is 6. The molecule has 388 valence electrons. The molecule has 12 nitrogen and oxygen atoms in total. The van der Waals surface area contributed by atoms with Gasteiger partial charge in [0.05, 0.1) is 48.0 Å². The molecule has 20 heteroatoms. The summed E-state index contributed by atoms with van der Waals surface area (Å²) in [6, 6.07) is 17.4. The van der Waals surface area contributed by atoms with E-state index in [9.17, 15) is 41.0 Å². The molecule has 0 amide bonds. The Balaban J connectivity index is 0.000000205. The van der Waals surface area contributed by atoms with E-state index in [1.54, 1.807) is 19.1 Å². The molecule has 2 aromatic carbocycles. The number of hydrogen-bond donors (Lipinski definition) is 2. The summed E-state index contributed by atoms with van der Waals surface area (Å²) >= 11 is 2.96. The van der Waals surface area contributed by atoms with E-state index in [4.69, 9.17) is 24.5 Å². The van der Waals surface area contributed by atoms with E-state index in [1.807, 2.05) is 54.4 Å². The van der Waals surface area contributed by atoms with Crippen molar-refractivity contribution in [2.45, 2.75) is 118 Å². The smallest absolute Gasteiger partial charge is 0.416 e. The lowest BCUT2D eigenvalue weighted by Gasteiger charge is -2.18. The molecule has 73 heavy (non-hydrogen) atoms. The van der Waals surface area contributed by atoms with Gasteiger partial charge >= 0.3 is 24.3 Å². The van der Waals surface area contributed by atoms with Gasteiger partial charge in [-0.1, -0.05) is 57.9 Å². The molecule has 8 aromatic rings. The minimum absolute atomic E-state index is 0.117. The molecular weight excluding hydrogens is 995 g/mol. The second-order valence-corrected chi connectivity index (χ2v) is 20.0. The van der Waals surface area contributed by atoms with Crippen molar-refractivity contribution in [3.8, 4) is 32.6 Å². The van der Waals surface area contributed by atoms with Gasteiger partial charge in [-0.3, -0.25) is 4.79 Å². The van der Waals surface area contributed by atoms with Crippen LogP contribution >= 0.6 is 22.7 Å². The maximum Gasteiger partial charge on any atom is 0.416 e. The predicted octanol–water partition coefficient (Wildman–Crippen LogP) is 14.0. The van der Waals surface area contributed by atoms with E-state index < -0.39 is 36.1 Å².